The van der Waals surface area contributed by atoms with Crippen LogP contribution in [0.1, 0.15) is 35.9 Å². The minimum absolute atomic E-state index is 0.0376. The predicted molar refractivity (Wildman–Crippen MR) is 97.7 cm³/mol. The molecule has 140 valence electrons. The first-order valence-corrected chi connectivity index (χ1v) is 8.78. The molecule has 0 aliphatic carbocycles. The second kappa shape index (κ2) is 7.65. The van der Waals surface area contributed by atoms with Crippen LogP contribution in [0.3, 0.4) is 0 Å². The van der Waals surface area contributed by atoms with Crippen molar-refractivity contribution < 1.29 is 19.1 Å². The fraction of sp³-hybridized carbons (Fsp3) is 0.444. The number of halogens is 1. The monoisotopic (exact) mass is 379 g/mol. The van der Waals surface area contributed by atoms with Crippen LogP contribution < -0.4 is 5.32 Å². The Morgan fingerprint density at radius 1 is 1.42 bits per heavy atom. The predicted octanol–water partition coefficient (Wildman–Crippen LogP) is 3.29. The number of anilines is 1. The number of hydrogen-bond acceptors (Lipinski definition) is 6. The summed E-state index contributed by atoms with van der Waals surface area (Å²) in [6, 6.07) is 7.95. The molecule has 0 amide bonds. The lowest BCUT2D eigenvalue weighted by molar-refractivity contribution is -0.0964. The first-order valence-electron chi connectivity index (χ1n) is 8.40. The highest BCUT2D eigenvalue weighted by atomic mass is 35.5. The highest BCUT2D eigenvalue weighted by Crippen LogP contribution is 2.28. The van der Waals surface area contributed by atoms with Gasteiger partial charge in [0.05, 0.1) is 18.2 Å². The molecule has 1 atom stereocenters. The minimum Gasteiger partial charge on any atom is -0.476 e. The van der Waals surface area contributed by atoms with Crippen molar-refractivity contribution in [3.8, 4) is 0 Å². The summed E-state index contributed by atoms with van der Waals surface area (Å²) in [6.07, 6.45) is 1.12. The molecule has 0 spiro atoms. The van der Waals surface area contributed by atoms with Crippen LogP contribution in [0.15, 0.2) is 34.9 Å². The lowest BCUT2D eigenvalue weighted by atomic mass is 10.0. The van der Waals surface area contributed by atoms with Gasteiger partial charge in [-0.15, -0.1) is 0 Å². The minimum atomic E-state index is -1.12. The fourth-order valence-corrected chi connectivity index (χ4v) is 3.22. The van der Waals surface area contributed by atoms with E-state index in [1.165, 1.54) is 0 Å². The molecule has 2 heterocycles. The van der Waals surface area contributed by atoms with Crippen LogP contribution in [-0.2, 0) is 4.74 Å². The molecule has 3 rings (SSSR count). The molecule has 2 N–H and O–H groups in total. The van der Waals surface area contributed by atoms with Crippen LogP contribution in [0.25, 0.3) is 0 Å². The molecular formula is C18H22ClN3O4. The normalized spacial score (nSPS) is 18.4. The number of ether oxygens (including phenoxy) is 1. The van der Waals surface area contributed by atoms with Gasteiger partial charge in [-0.1, -0.05) is 23.7 Å². The number of carboxylic acids is 1. The number of aromatic carboxylic acids is 1. The Balaban J connectivity index is 1.78. The number of rotatable bonds is 6. The molecule has 1 aliphatic rings. The van der Waals surface area contributed by atoms with Crippen LogP contribution in [0, 0.1) is 0 Å². The molecule has 1 fully saturated rings. The van der Waals surface area contributed by atoms with Crippen LogP contribution in [-0.4, -0.2) is 52.8 Å². The summed E-state index contributed by atoms with van der Waals surface area (Å²) in [5, 5.41) is 12.7. The third kappa shape index (κ3) is 4.55. The van der Waals surface area contributed by atoms with E-state index in [1.54, 1.807) is 0 Å². The fourth-order valence-electron chi connectivity index (χ4n) is 3.10. The number of nitrogens with zero attached hydrogens (tertiary/aromatic N) is 2. The molecule has 1 aromatic heterocycles. The number of benzene rings is 1. The van der Waals surface area contributed by atoms with Crippen molar-refractivity contribution in [1.82, 2.24) is 9.88 Å². The van der Waals surface area contributed by atoms with E-state index in [2.05, 4.69) is 29.0 Å². The van der Waals surface area contributed by atoms with Crippen molar-refractivity contribution in [1.29, 1.82) is 0 Å². The number of aromatic nitrogens is 1. The largest absolute Gasteiger partial charge is 0.476 e. The molecule has 8 heteroatoms. The van der Waals surface area contributed by atoms with Crippen LogP contribution in [0.2, 0.25) is 5.02 Å². The van der Waals surface area contributed by atoms with Crippen molar-refractivity contribution >= 4 is 23.6 Å². The Hall–Kier alpha value is -2.09. The molecule has 1 unspecified atom stereocenters. The number of morpholine rings is 1. The molecule has 2 aromatic rings. The summed E-state index contributed by atoms with van der Waals surface area (Å²) in [5.74, 6) is -1.12. The molecule has 1 saturated heterocycles. The SMILES string of the molecule is CC1(C)CN(C(CNc2nc(C(=O)O)co2)c2ccc(Cl)cc2)CCO1. The van der Waals surface area contributed by atoms with Crippen molar-refractivity contribution in [2.75, 3.05) is 31.6 Å². The summed E-state index contributed by atoms with van der Waals surface area (Å²) in [6.45, 7) is 6.87. The van der Waals surface area contributed by atoms with E-state index in [9.17, 15) is 4.79 Å². The maximum absolute atomic E-state index is 10.9. The zero-order valence-corrected chi connectivity index (χ0v) is 15.5. The van der Waals surface area contributed by atoms with Crippen LogP contribution >= 0.6 is 11.6 Å². The first kappa shape index (κ1) is 18.7. The average Bonchev–Trinajstić information content (AvgIpc) is 3.05. The maximum atomic E-state index is 10.9. The number of carboxylic acid groups (broad SMARTS) is 1. The van der Waals surface area contributed by atoms with Gasteiger partial charge in [0.25, 0.3) is 6.01 Å². The molecule has 1 aliphatic heterocycles. The molecular weight excluding hydrogens is 358 g/mol. The second-order valence-electron chi connectivity index (χ2n) is 6.87. The Morgan fingerprint density at radius 3 is 2.77 bits per heavy atom. The van der Waals surface area contributed by atoms with Crippen molar-refractivity contribution in [3.05, 3.63) is 46.8 Å². The summed E-state index contributed by atoms with van der Waals surface area (Å²) >= 11 is 6.02. The van der Waals surface area contributed by atoms with Gasteiger partial charge < -0.3 is 19.6 Å². The summed E-state index contributed by atoms with van der Waals surface area (Å²) < 4.78 is 11.0. The molecule has 26 heavy (non-hydrogen) atoms. The van der Waals surface area contributed by atoms with Gasteiger partial charge in [-0.25, -0.2) is 4.79 Å². The first-order chi connectivity index (χ1) is 12.3. The average molecular weight is 380 g/mol. The lowest BCUT2D eigenvalue weighted by Crippen LogP contribution is -2.50. The lowest BCUT2D eigenvalue weighted by Gasteiger charge is -2.42. The smallest absolute Gasteiger partial charge is 0.357 e. The Labute approximate surface area is 156 Å². The van der Waals surface area contributed by atoms with Crippen LogP contribution in [0.4, 0.5) is 6.01 Å². The van der Waals surface area contributed by atoms with Gasteiger partial charge >= 0.3 is 5.97 Å². The van der Waals surface area contributed by atoms with Gasteiger partial charge in [0, 0.05) is 24.7 Å². The number of oxazole rings is 1. The van der Waals surface area contributed by atoms with E-state index >= 15 is 0 Å². The topological polar surface area (TPSA) is 87.8 Å². The van der Waals surface area contributed by atoms with E-state index in [4.69, 9.17) is 25.9 Å². The number of nitrogens with one attached hydrogen (secondary N) is 1. The van der Waals surface area contributed by atoms with Crippen molar-refractivity contribution in [2.24, 2.45) is 0 Å². The van der Waals surface area contributed by atoms with E-state index in [0.29, 0.717) is 18.2 Å². The van der Waals surface area contributed by atoms with E-state index in [0.717, 1.165) is 24.9 Å². The van der Waals surface area contributed by atoms with Gasteiger partial charge in [-0.3, -0.25) is 4.90 Å². The van der Waals surface area contributed by atoms with Gasteiger partial charge in [0.2, 0.25) is 0 Å². The zero-order valence-electron chi connectivity index (χ0n) is 14.7. The highest BCUT2D eigenvalue weighted by molar-refractivity contribution is 6.30. The quantitative estimate of drug-likeness (QED) is 0.796. The van der Waals surface area contributed by atoms with Crippen LogP contribution in [0.5, 0.6) is 0 Å². The molecule has 7 nitrogen and oxygen atoms in total. The van der Waals surface area contributed by atoms with Gasteiger partial charge in [0.1, 0.15) is 6.26 Å². The molecule has 0 saturated carbocycles. The van der Waals surface area contributed by atoms with E-state index in [-0.39, 0.29) is 23.4 Å². The van der Waals surface area contributed by atoms with Crippen molar-refractivity contribution in [3.63, 3.8) is 0 Å². The summed E-state index contributed by atoms with van der Waals surface area (Å²) in [5.41, 5.74) is 0.746. The Morgan fingerprint density at radius 2 is 2.15 bits per heavy atom. The Bertz CT molecular complexity index is 760. The summed E-state index contributed by atoms with van der Waals surface area (Å²) in [4.78, 5) is 17.2. The number of carbonyl (C=O) groups is 1. The van der Waals surface area contributed by atoms with Crippen molar-refractivity contribution in [2.45, 2.75) is 25.5 Å². The standard InChI is InChI=1S/C18H22ClN3O4/c1-18(2)11-22(7-8-26-18)15(12-3-5-13(19)6-4-12)9-20-17-21-14(10-25-17)16(23)24/h3-6,10,15H,7-9,11H2,1-2H3,(H,20,21)(H,23,24). The zero-order chi connectivity index (χ0) is 18.7. The van der Waals surface area contributed by atoms with Gasteiger partial charge in [-0.2, -0.15) is 4.98 Å². The Kier molecular flexibility index (Phi) is 5.50. The molecule has 1 aromatic carbocycles. The van der Waals surface area contributed by atoms with Gasteiger partial charge in [-0.05, 0) is 31.5 Å². The third-order valence-electron chi connectivity index (χ3n) is 4.32. The summed E-state index contributed by atoms with van der Waals surface area (Å²) in [7, 11) is 0. The number of hydrogen-bond donors (Lipinski definition) is 2. The maximum Gasteiger partial charge on any atom is 0.357 e. The third-order valence-corrected chi connectivity index (χ3v) is 4.57. The van der Waals surface area contributed by atoms with E-state index < -0.39 is 5.97 Å². The molecule has 0 bridgehead atoms. The van der Waals surface area contributed by atoms with Gasteiger partial charge in [0.15, 0.2) is 5.69 Å². The molecule has 0 radical (unpaired) electrons. The second-order valence-corrected chi connectivity index (χ2v) is 7.31. The highest BCUT2D eigenvalue weighted by Gasteiger charge is 2.32. The van der Waals surface area contributed by atoms with E-state index in [1.807, 2.05) is 24.3 Å².